The van der Waals surface area contributed by atoms with Crippen molar-refractivity contribution in [2.45, 2.75) is 0 Å². The van der Waals surface area contributed by atoms with Crippen LogP contribution in [0.5, 0.6) is 0 Å². The fourth-order valence-corrected chi connectivity index (χ4v) is 1.47. The molecular formula is C6H6IN5. The zero-order valence-electron chi connectivity index (χ0n) is 6.32. The molecule has 12 heavy (non-hydrogen) atoms. The molecule has 0 unspecified atom stereocenters. The minimum absolute atomic E-state index is 0.760. The van der Waals surface area contributed by atoms with Crippen molar-refractivity contribution in [3.05, 3.63) is 12.7 Å². The number of aromatic nitrogens is 4. The third kappa shape index (κ3) is 1.02. The highest BCUT2D eigenvalue weighted by atomic mass is 127. The molecule has 0 saturated carbocycles. The van der Waals surface area contributed by atoms with E-state index in [1.165, 1.54) is 6.33 Å². The Labute approximate surface area is 82.7 Å². The van der Waals surface area contributed by atoms with Gasteiger partial charge in [-0.25, -0.2) is 15.0 Å². The molecule has 2 aromatic rings. The van der Waals surface area contributed by atoms with Gasteiger partial charge in [-0.1, -0.05) is 0 Å². The van der Waals surface area contributed by atoms with Crippen LogP contribution in [-0.2, 0) is 0 Å². The summed E-state index contributed by atoms with van der Waals surface area (Å²) in [4.78, 5) is 12.3. The lowest BCUT2D eigenvalue weighted by atomic mass is 10.5. The van der Waals surface area contributed by atoms with Crippen LogP contribution in [0.3, 0.4) is 0 Å². The Morgan fingerprint density at radius 2 is 2.25 bits per heavy atom. The van der Waals surface area contributed by atoms with E-state index in [2.05, 4.69) is 43.1 Å². The first-order valence-electron chi connectivity index (χ1n) is 3.35. The second kappa shape index (κ2) is 2.85. The molecule has 0 aliphatic heterocycles. The molecule has 0 aliphatic carbocycles. The molecule has 6 heteroatoms. The van der Waals surface area contributed by atoms with Gasteiger partial charge in [0.1, 0.15) is 12.7 Å². The van der Waals surface area contributed by atoms with E-state index in [0.717, 1.165) is 17.0 Å². The minimum Gasteiger partial charge on any atom is -0.371 e. The number of fused-ring (bicyclic) bond motifs is 1. The van der Waals surface area contributed by atoms with E-state index in [1.54, 1.807) is 6.33 Å². The largest absolute Gasteiger partial charge is 0.371 e. The molecule has 62 valence electrons. The lowest BCUT2D eigenvalue weighted by molar-refractivity contribution is 1.18. The molecule has 5 nitrogen and oxygen atoms in total. The number of anilines is 1. The van der Waals surface area contributed by atoms with Gasteiger partial charge in [0.05, 0.1) is 22.9 Å². The molecule has 1 N–H and O–H groups in total. The Morgan fingerprint density at radius 1 is 1.42 bits per heavy atom. The molecule has 0 bridgehead atoms. The predicted molar refractivity (Wildman–Crippen MR) is 54.3 cm³/mol. The molecule has 0 fully saturated rings. The van der Waals surface area contributed by atoms with Crippen LogP contribution in [0.2, 0.25) is 0 Å². The van der Waals surface area contributed by atoms with Crippen molar-refractivity contribution >= 4 is 39.8 Å². The average molecular weight is 275 g/mol. The van der Waals surface area contributed by atoms with Crippen molar-refractivity contribution in [1.29, 1.82) is 0 Å². The highest BCUT2D eigenvalue weighted by Gasteiger charge is 2.05. The van der Waals surface area contributed by atoms with Gasteiger partial charge in [0.15, 0.2) is 17.0 Å². The van der Waals surface area contributed by atoms with Crippen LogP contribution in [0.15, 0.2) is 12.7 Å². The van der Waals surface area contributed by atoms with E-state index in [0.29, 0.717) is 0 Å². The SMILES string of the molecule is CNc1ncnc2c1ncn2I. The molecule has 0 radical (unpaired) electrons. The maximum atomic E-state index is 4.16. The van der Waals surface area contributed by atoms with Crippen molar-refractivity contribution in [3.63, 3.8) is 0 Å². The quantitative estimate of drug-likeness (QED) is 0.791. The topological polar surface area (TPSA) is 55.6 Å². The van der Waals surface area contributed by atoms with E-state index in [1.807, 2.05) is 9.83 Å². The molecule has 0 aromatic carbocycles. The molecule has 0 amide bonds. The predicted octanol–water partition coefficient (Wildman–Crippen LogP) is 1.07. The Hall–Kier alpha value is -0.920. The highest BCUT2D eigenvalue weighted by Crippen LogP contribution is 2.17. The second-order valence-corrected chi connectivity index (χ2v) is 3.24. The number of imidazole rings is 1. The number of hydrogen-bond donors (Lipinski definition) is 1. The van der Waals surface area contributed by atoms with Crippen LogP contribution in [-0.4, -0.2) is 24.8 Å². The van der Waals surface area contributed by atoms with Gasteiger partial charge in [0, 0.05) is 7.05 Å². The molecular weight excluding hydrogens is 269 g/mol. The van der Waals surface area contributed by atoms with Gasteiger partial charge in [-0.05, 0) is 0 Å². The smallest absolute Gasteiger partial charge is 0.174 e. The maximum absolute atomic E-state index is 4.16. The number of hydrogen-bond acceptors (Lipinski definition) is 4. The zero-order valence-corrected chi connectivity index (χ0v) is 8.48. The van der Waals surface area contributed by atoms with Crippen molar-refractivity contribution in [2.75, 3.05) is 12.4 Å². The fourth-order valence-electron chi connectivity index (χ4n) is 0.991. The Kier molecular flexibility index (Phi) is 1.83. The first-order valence-corrected chi connectivity index (χ1v) is 4.31. The van der Waals surface area contributed by atoms with E-state index < -0.39 is 0 Å². The van der Waals surface area contributed by atoms with Gasteiger partial charge in [0.2, 0.25) is 0 Å². The fraction of sp³-hybridized carbons (Fsp3) is 0.167. The Bertz CT molecular complexity index is 409. The first-order chi connectivity index (χ1) is 5.83. The number of halogens is 1. The molecule has 0 saturated heterocycles. The zero-order chi connectivity index (χ0) is 8.55. The summed E-state index contributed by atoms with van der Waals surface area (Å²) in [7, 11) is 1.81. The third-order valence-electron chi connectivity index (χ3n) is 1.53. The summed E-state index contributed by atoms with van der Waals surface area (Å²) in [5.41, 5.74) is 1.63. The highest BCUT2D eigenvalue weighted by molar-refractivity contribution is 14.1. The van der Waals surface area contributed by atoms with Crippen LogP contribution in [0.4, 0.5) is 5.82 Å². The number of rotatable bonds is 1. The van der Waals surface area contributed by atoms with Crippen LogP contribution in [0.25, 0.3) is 11.2 Å². The van der Waals surface area contributed by atoms with Crippen molar-refractivity contribution in [2.24, 2.45) is 0 Å². The standard InChI is InChI=1S/C6H6IN5/c1-8-5-4-6(10-2-9-5)12(7)3-11-4/h2-3H,1H3,(H,8,9,10). The molecule has 0 atom stereocenters. The third-order valence-corrected chi connectivity index (χ3v) is 2.24. The van der Waals surface area contributed by atoms with E-state index in [9.17, 15) is 0 Å². The van der Waals surface area contributed by atoms with Gasteiger partial charge >= 0.3 is 0 Å². The van der Waals surface area contributed by atoms with Gasteiger partial charge in [-0.2, -0.15) is 0 Å². The molecule has 0 spiro atoms. The van der Waals surface area contributed by atoms with Crippen LogP contribution in [0.1, 0.15) is 0 Å². The van der Waals surface area contributed by atoms with E-state index in [-0.39, 0.29) is 0 Å². The lowest BCUT2D eigenvalue weighted by Gasteiger charge is -1.97. The minimum atomic E-state index is 0.760. The Balaban J connectivity index is 2.81. The van der Waals surface area contributed by atoms with Gasteiger partial charge < -0.3 is 5.32 Å². The monoisotopic (exact) mass is 275 g/mol. The average Bonchev–Trinajstić information content (AvgIpc) is 2.48. The van der Waals surface area contributed by atoms with Crippen molar-refractivity contribution < 1.29 is 0 Å². The summed E-state index contributed by atoms with van der Waals surface area (Å²) in [6, 6.07) is 0. The molecule has 2 aromatic heterocycles. The lowest BCUT2D eigenvalue weighted by Crippen LogP contribution is -1.94. The maximum Gasteiger partial charge on any atom is 0.174 e. The molecule has 0 aliphatic rings. The van der Waals surface area contributed by atoms with Crippen molar-refractivity contribution in [3.8, 4) is 0 Å². The van der Waals surface area contributed by atoms with Crippen LogP contribution < -0.4 is 5.32 Å². The number of nitrogens with zero attached hydrogens (tertiary/aromatic N) is 4. The van der Waals surface area contributed by atoms with Crippen LogP contribution >= 0.6 is 22.9 Å². The first kappa shape index (κ1) is 7.71. The summed E-state index contributed by atoms with van der Waals surface area (Å²) in [6.45, 7) is 0. The van der Waals surface area contributed by atoms with E-state index in [4.69, 9.17) is 0 Å². The summed E-state index contributed by atoms with van der Waals surface area (Å²) < 4.78 is 1.83. The molecule has 2 rings (SSSR count). The number of nitrogens with one attached hydrogen (secondary N) is 1. The Morgan fingerprint density at radius 3 is 3.00 bits per heavy atom. The summed E-state index contributed by atoms with van der Waals surface area (Å²) in [5, 5.41) is 2.95. The summed E-state index contributed by atoms with van der Waals surface area (Å²) in [5.74, 6) is 0.760. The summed E-state index contributed by atoms with van der Waals surface area (Å²) >= 11 is 2.12. The van der Waals surface area contributed by atoms with Crippen LogP contribution in [0, 0.1) is 0 Å². The second-order valence-electron chi connectivity index (χ2n) is 2.20. The van der Waals surface area contributed by atoms with Crippen molar-refractivity contribution in [1.82, 2.24) is 17.7 Å². The summed E-state index contributed by atoms with van der Waals surface area (Å²) in [6.07, 6.45) is 3.23. The molecule has 2 heterocycles. The van der Waals surface area contributed by atoms with Gasteiger partial charge in [-0.15, -0.1) is 0 Å². The van der Waals surface area contributed by atoms with Gasteiger partial charge in [-0.3, -0.25) is 2.78 Å². The van der Waals surface area contributed by atoms with E-state index >= 15 is 0 Å². The van der Waals surface area contributed by atoms with Gasteiger partial charge in [0.25, 0.3) is 0 Å². The normalized spacial score (nSPS) is 10.5.